The van der Waals surface area contributed by atoms with Gasteiger partial charge in [0.05, 0.1) is 36.3 Å². The lowest BCUT2D eigenvalue weighted by atomic mass is 9.87. The lowest BCUT2D eigenvalue weighted by Crippen LogP contribution is -2.37. The zero-order chi connectivity index (χ0) is 26.1. The van der Waals surface area contributed by atoms with Crippen molar-refractivity contribution in [1.82, 2.24) is 14.9 Å². The molecule has 2 aliphatic rings. The van der Waals surface area contributed by atoms with E-state index in [1.54, 1.807) is 24.9 Å². The lowest BCUT2D eigenvalue weighted by molar-refractivity contribution is -0.115. The maximum absolute atomic E-state index is 14.3. The van der Waals surface area contributed by atoms with E-state index >= 15 is 0 Å². The quantitative estimate of drug-likeness (QED) is 0.646. The number of amidine groups is 1. The van der Waals surface area contributed by atoms with E-state index in [4.69, 9.17) is 15.5 Å². The van der Waals surface area contributed by atoms with Gasteiger partial charge in [-0.25, -0.2) is 14.4 Å². The molecule has 9 nitrogen and oxygen atoms in total. The van der Waals surface area contributed by atoms with Crippen LogP contribution in [-0.4, -0.2) is 52.0 Å². The number of ether oxygens (including phenoxy) is 1. The van der Waals surface area contributed by atoms with Crippen molar-refractivity contribution < 1.29 is 13.9 Å². The summed E-state index contributed by atoms with van der Waals surface area (Å²) in [4.78, 5) is 32.0. The van der Waals surface area contributed by atoms with Gasteiger partial charge >= 0.3 is 0 Å². The molecule has 1 amide bonds. The molecule has 0 saturated carbocycles. The van der Waals surface area contributed by atoms with Crippen molar-refractivity contribution in [3.63, 3.8) is 0 Å². The Labute approximate surface area is 209 Å². The third-order valence-electron chi connectivity index (χ3n) is 6.25. The molecule has 186 valence electrons. The van der Waals surface area contributed by atoms with Gasteiger partial charge in [-0.2, -0.15) is 10.3 Å². The van der Waals surface area contributed by atoms with Crippen LogP contribution in [0.4, 0.5) is 10.2 Å². The van der Waals surface area contributed by atoms with Crippen LogP contribution in [0, 0.1) is 23.1 Å². The van der Waals surface area contributed by atoms with Crippen molar-refractivity contribution in [2.45, 2.75) is 46.3 Å². The number of nitrogens with two attached hydrogens (primary N) is 1. The van der Waals surface area contributed by atoms with E-state index in [0.717, 1.165) is 0 Å². The Morgan fingerprint density at radius 1 is 1.39 bits per heavy atom. The molecule has 1 aromatic heterocycles. The molecule has 0 fully saturated rings. The predicted octanol–water partition coefficient (Wildman–Crippen LogP) is 3.72. The van der Waals surface area contributed by atoms with Gasteiger partial charge in [0, 0.05) is 42.7 Å². The molecule has 0 spiro atoms. The molecule has 2 atom stereocenters. The van der Waals surface area contributed by atoms with E-state index in [0.29, 0.717) is 45.9 Å². The van der Waals surface area contributed by atoms with E-state index < -0.39 is 17.8 Å². The van der Waals surface area contributed by atoms with Gasteiger partial charge in [0.1, 0.15) is 17.8 Å². The maximum Gasteiger partial charge on any atom is 0.258 e. The van der Waals surface area contributed by atoms with Crippen LogP contribution >= 0.6 is 0 Å². The number of carbonyl (C=O) groups excluding carboxylic acids is 1. The number of nitriles is 1. The van der Waals surface area contributed by atoms with Gasteiger partial charge in [0.2, 0.25) is 5.91 Å². The Balaban J connectivity index is 2.01. The van der Waals surface area contributed by atoms with Crippen LogP contribution in [-0.2, 0) is 4.79 Å². The molecule has 4 rings (SSSR count). The first-order chi connectivity index (χ1) is 17.1. The van der Waals surface area contributed by atoms with Gasteiger partial charge in [-0.1, -0.05) is 13.8 Å². The standard InChI is InChI=1S/C26H28FN7O2/c1-13(2)20-8-16(10-28)23-21-11-30-24(29)26(33-21)36-14(3)19-9-17(27)6-7-18(19)25(31-15(4)35)34(5)12-22(23)32-20/h6-7,9,11,13-14,20H,8,12H2,1-5H3,(H2,29,30). The van der Waals surface area contributed by atoms with Gasteiger partial charge in [-0.05, 0) is 31.0 Å². The third kappa shape index (κ3) is 4.82. The number of aromatic nitrogens is 2. The second kappa shape index (κ2) is 9.85. The van der Waals surface area contributed by atoms with Crippen LogP contribution < -0.4 is 10.5 Å². The number of hydrogen-bond donors (Lipinski definition) is 1. The molecule has 2 N–H and O–H groups in total. The number of aliphatic imine (C=N–C) groups is 2. The molecule has 0 aliphatic carbocycles. The Kier molecular flexibility index (Phi) is 6.84. The van der Waals surface area contributed by atoms with Crippen LogP contribution in [0.3, 0.4) is 0 Å². The van der Waals surface area contributed by atoms with Crippen LogP contribution in [0.5, 0.6) is 5.88 Å². The minimum absolute atomic E-state index is 0.0591. The minimum Gasteiger partial charge on any atom is -0.467 e. The third-order valence-corrected chi connectivity index (χ3v) is 6.25. The number of nitrogens with zero attached hydrogens (tertiary/aromatic N) is 6. The highest BCUT2D eigenvalue weighted by atomic mass is 19.1. The normalized spacial score (nSPS) is 21.0. The molecule has 2 unspecified atom stereocenters. The summed E-state index contributed by atoms with van der Waals surface area (Å²) >= 11 is 0. The number of halogens is 1. The van der Waals surface area contributed by atoms with E-state index in [1.807, 2.05) is 0 Å². The Morgan fingerprint density at radius 3 is 2.81 bits per heavy atom. The monoisotopic (exact) mass is 489 g/mol. The highest BCUT2D eigenvalue weighted by Crippen LogP contribution is 2.34. The fraction of sp³-hybridized carbons (Fsp3) is 0.385. The Bertz CT molecular complexity index is 1360. The fourth-order valence-corrected chi connectivity index (χ4v) is 4.40. The van der Waals surface area contributed by atoms with Crippen LogP contribution in [0.25, 0.3) is 5.57 Å². The molecule has 3 heterocycles. The first kappa shape index (κ1) is 25.0. The van der Waals surface area contributed by atoms with E-state index in [9.17, 15) is 14.4 Å². The summed E-state index contributed by atoms with van der Waals surface area (Å²) in [5.41, 5.74) is 9.18. The number of benzene rings is 1. The number of hydrogen-bond acceptors (Lipinski definition) is 7. The molecule has 1 aromatic carbocycles. The van der Waals surface area contributed by atoms with Gasteiger partial charge in [-0.15, -0.1) is 0 Å². The van der Waals surface area contributed by atoms with Crippen LogP contribution in [0.15, 0.2) is 40.0 Å². The molecule has 2 aliphatic heterocycles. The van der Waals surface area contributed by atoms with Crippen molar-refractivity contribution in [1.29, 1.82) is 5.26 Å². The molecular formula is C26H28FN7O2. The first-order valence-electron chi connectivity index (χ1n) is 11.7. The minimum atomic E-state index is -0.707. The highest BCUT2D eigenvalue weighted by molar-refractivity contribution is 6.27. The summed E-state index contributed by atoms with van der Waals surface area (Å²) in [6.45, 7) is 7.41. The SMILES string of the molecule is CC(=O)N=C1c2ccc(F)cc2C(C)Oc2nc(cnc2N)C2=C(C#N)CC(C(C)C)N=C2CN1C. The van der Waals surface area contributed by atoms with Crippen LogP contribution in [0.2, 0.25) is 0 Å². The highest BCUT2D eigenvalue weighted by Gasteiger charge is 2.31. The smallest absolute Gasteiger partial charge is 0.258 e. The van der Waals surface area contributed by atoms with Crippen molar-refractivity contribution in [2.24, 2.45) is 15.9 Å². The number of dihydropyridines is 1. The molecule has 10 heteroatoms. The predicted molar refractivity (Wildman–Crippen MR) is 135 cm³/mol. The fourth-order valence-electron chi connectivity index (χ4n) is 4.40. The van der Waals surface area contributed by atoms with Gasteiger partial charge in [-0.3, -0.25) is 9.79 Å². The zero-order valence-electron chi connectivity index (χ0n) is 20.9. The van der Waals surface area contributed by atoms with Crippen molar-refractivity contribution in [3.05, 3.63) is 52.6 Å². The molecular weight excluding hydrogens is 461 g/mol. The zero-order valence-corrected chi connectivity index (χ0v) is 20.9. The van der Waals surface area contributed by atoms with Crippen molar-refractivity contribution in [2.75, 3.05) is 19.3 Å². The Morgan fingerprint density at radius 2 is 2.14 bits per heavy atom. The summed E-state index contributed by atoms with van der Waals surface area (Å²) in [5.74, 6) is -0.224. The first-order valence-corrected chi connectivity index (χ1v) is 11.7. The molecule has 0 saturated heterocycles. The average Bonchev–Trinajstić information content (AvgIpc) is 2.82. The average molecular weight is 490 g/mol. The summed E-state index contributed by atoms with van der Waals surface area (Å²) in [6, 6.07) is 6.44. The number of rotatable bonds is 1. The second-order valence-corrected chi connectivity index (χ2v) is 9.30. The van der Waals surface area contributed by atoms with Gasteiger partial charge in [0.15, 0.2) is 5.82 Å². The van der Waals surface area contributed by atoms with Gasteiger partial charge < -0.3 is 15.4 Å². The summed E-state index contributed by atoms with van der Waals surface area (Å²) in [5, 5.41) is 10.1. The molecule has 36 heavy (non-hydrogen) atoms. The second-order valence-electron chi connectivity index (χ2n) is 9.30. The largest absolute Gasteiger partial charge is 0.467 e. The molecule has 0 radical (unpaired) electrons. The van der Waals surface area contributed by atoms with Gasteiger partial charge in [0.25, 0.3) is 5.88 Å². The number of nitrogen functional groups attached to an aromatic ring is 1. The van der Waals surface area contributed by atoms with E-state index in [1.165, 1.54) is 25.3 Å². The molecule has 2 bridgehead atoms. The van der Waals surface area contributed by atoms with E-state index in [-0.39, 0.29) is 30.2 Å². The van der Waals surface area contributed by atoms with Crippen molar-refractivity contribution in [3.8, 4) is 11.9 Å². The number of anilines is 1. The van der Waals surface area contributed by atoms with Crippen molar-refractivity contribution >= 4 is 28.8 Å². The number of amides is 1. The summed E-state index contributed by atoms with van der Waals surface area (Å²) in [7, 11) is 1.78. The van der Waals surface area contributed by atoms with Crippen LogP contribution in [0.1, 0.15) is 57.0 Å². The van der Waals surface area contributed by atoms with E-state index in [2.05, 4.69) is 34.9 Å². The number of fused-ring (bicyclic) bond motifs is 5. The molecule has 2 aromatic rings. The Hall–Kier alpha value is -4.13. The topological polar surface area (TPSA) is 130 Å². The summed E-state index contributed by atoms with van der Waals surface area (Å²) in [6.07, 6.45) is 1.25. The lowest BCUT2D eigenvalue weighted by Gasteiger charge is -2.31. The summed E-state index contributed by atoms with van der Waals surface area (Å²) < 4.78 is 20.4. The number of carbonyl (C=O) groups is 1. The maximum atomic E-state index is 14.3.